The SMILES string of the molecule is CN1CC[N+](C)(CCBr)CC1. The maximum absolute atomic E-state index is 3.51. The topological polar surface area (TPSA) is 3.24 Å². The van der Waals surface area contributed by atoms with E-state index in [2.05, 4.69) is 34.9 Å². The lowest BCUT2D eigenvalue weighted by Gasteiger charge is -2.40. The molecule has 0 atom stereocenters. The molecule has 0 saturated carbocycles. The molecule has 66 valence electrons. The van der Waals surface area contributed by atoms with Gasteiger partial charge in [-0.05, 0) is 7.05 Å². The van der Waals surface area contributed by atoms with Gasteiger partial charge in [-0.1, -0.05) is 15.9 Å². The van der Waals surface area contributed by atoms with Crippen molar-refractivity contribution < 1.29 is 4.48 Å². The molecule has 1 rings (SSSR count). The van der Waals surface area contributed by atoms with Crippen LogP contribution < -0.4 is 0 Å². The van der Waals surface area contributed by atoms with Crippen LogP contribution in [-0.2, 0) is 0 Å². The second-order valence-electron chi connectivity index (χ2n) is 3.78. The van der Waals surface area contributed by atoms with Gasteiger partial charge in [0.15, 0.2) is 0 Å². The number of quaternary nitrogens is 1. The highest BCUT2D eigenvalue weighted by Crippen LogP contribution is 2.08. The van der Waals surface area contributed by atoms with Gasteiger partial charge in [-0.3, -0.25) is 4.90 Å². The van der Waals surface area contributed by atoms with E-state index in [1.54, 1.807) is 0 Å². The predicted molar refractivity (Wildman–Crippen MR) is 52.1 cm³/mol. The molecule has 0 spiro atoms. The highest BCUT2D eigenvalue weighted by Gasteiger charge is 2.25. The highest BCUT2D eigenvalue weighted by atomic mass is 79.9. The van der Waals surface area contributed by atoms with Crippen molar-refractivity contribution >= 4 is 15.9 Å². The summed E-state index contributed by atoms with van der Waals surface area (Å²) in [5.74, 6) is 0. The minimum absolute atomic E-state index is 1.13. The molecule has 0 bridgehead atoms. The Hall–Kier alpha value is 0.400. The third kappa shape index (κ3) is 2.73. The van der Waals surface area contributed by atoms with Crippen LogP contribution in [0.15, 0.2) is 0 Å². The maximum atomic E-state index is 3.51. The lowest BCUT2D eigenvalue weighted by Crippen LogP contribution is -2.56. The molecule has 0 unspecified atom stereocenters. The molecule has 0 N–H and O–H groups in total. The Morgan fingerprint density at radius 3 is 2.36 bits per heavy atom. The first-order chi connectivity index (χ1) is 5.16. The van der Waals surface area contributed by atoms with Gasteiger partial charge in [0.05, 0.1) is 32.0 Å². The first kappa shape index (κ1) is 9.49. The monoisotopic (exact) mass is 221 g/mol. The van der Waals surface area contributed by atoms with Gasteiger partial charge in [0.1, 0.15) is 0 Å². The first-order valence-electron chi connectivity index (χ1n) is 4.24. The molecule has 3 heteroatoms. The van der Waals surface area contributed by atoms with Crippen molar-refractivity contribution in [1.29, 1.82) is 0 Å². The summed E-state index contributed by atoms with van der Waals surface area (Å²) in [6.07, 6.45) is 0. The third-order valence-electron chi connectivity index (χ3n) is 2.67. The molecule has 0 amide bonds. The zero-order chi connectivity index (χ0) is 8.32. The number of halogens is 1. The van der Waals surface area contributed by atoms with E-state index in [1.807, 2.05) is 0 Å². The average molecular weight is 222 g/mol. The van der Waals surface area contributed by atoms with Crippen molar-refractivity contribution in [2.45, 2.75) is 0 Å². The van der Waals surface area contributed by atoms with Crippen molar-refractivity contribution in [3.63, 3.8) is 0 Å². The number of hydrogen-bond acceptors (Lipinski definition) is 1. The quantitative estimate of drug-likeness (QED) is 0.493. The number of nitrogens with zero attached hydrogens (tertiary/aromatic N) is 2. The van der Waals surface area contributed by atoms with Crippen LogP contribution in [0.25, 0.3) is 0 Å². The number of likely N-dealkylation sites (N-methyl/N-ethyl adjacent to an activating group) is 2. The van der Waals surface area contributed by atoms with Crippen LogP contribution in [0.2, 0.25) is 0 Å². The predicted octanol–water partition coefficient (Wildman–Crippen LogP) is 0.773. The van der Waals surface area contributed by atoms with E-state index < -0.39 is 0 Å². The molecular formula is C8H18BrN2+. The van der Waals surface area contributed by atoms with Gasteiger partial charge in [0.2, 0.25) is 0 Å². The largest absolute Gasteiger partial charge is 0.323 e. The van der Waals surface area contributed by atoms with Gasteiger partial charge in [-0.15, -0.1) is 0 Å². The fraction of sp³-hybridized carbons (Fsp3) is 1.00. The summed E-state index contributed by atoms with van der Waals surface area (Å²) in [5.41, 5.74) is 0. The second-order valence-corrected chi connectivity index (χ2v) is 4.58. The van der Waals surface area contributed by atoms with Crippen molar-refractivity contribution in [2.24, 2.45) is 0 Å². The first-order valence-corrected chi connectivity index (χ1v) is 5.36. The molecule has 0 radical (unpaired) electrons. The number of rotatable bonds is 2. The molecule has 0 aliphatic carbocycles. The Balaban J connectivity index is 2.35. The molecule has 1 aliphatic heterocycles. The van der Waals surface area contributed by atoms with Crippen LogP contribution in [0.3, 0.4) is 0 Å². The van der Waals surface area contributed by atoms with Gasteiger partial charge in [0.25, 0.3) is 0 Å². The van der Waals surface area contributed by atoms with Crippen molar-refractivity contribution in [3.05, 3.63) is 0 Å². The van der Waals surface area contributed by atoms with E-state index in [-0.39, 0.29) is 0 Å². The van der Waals surface area contributed by atoms with E-state index >= 15 is 0 Å². The summed E-state index contributed by atoms with van der Waals surface area (Å²) in [6.45, 7) is 6.39. The van der Waals surface area contributed by atoms with Crippen LogP contribution in [-0.4, -0.2) is 61.5 Å². The van der Waals surface area contributed by atoms with Gasteiger partial charge < -0.3 is 4.48 Å². The van der Waals surface area contributed by atoms with E-state index in [0.29, 0.717) is 0 Å². The molecule has 2 nitrogen and oxygen atoms in total. The standard InChI is InChI=1S/C8H18BrN2/c1-10-4-7-11(2,6-3-9)8-5-10/h3-8H2,1-2H3/q+1. The fourth-order valence-corrected chi connectivity index (χ4v) is 2.33. The van der Waals surface area contributed by atoms with E-state index in [0.717, 1.165) is 5.33 Å². The Morgan fingerprint density at radius 1 is 1.36 bits per heavy atom. The summed E-state index contributed by atoms with van der Waals surface area (Å²) in [4.78, 5) is 2.41. The minimum atomic E-state index is 1.13. The summed E-state index contributed by atoms with van der Waals surface area (Å²) < 4.78 is 1.25. The highest BCUT2D eigenvalue weighted by molar-refractivity contribution is 9.09. The van der Waals surface area contributed by atoms with E-state index in [9.17, 15) is 0 Å². The Labute approximate surface area is 77.9 Å². The summed E-state index contributed by atoms with van der Waals surface area (Å²) in [7, 11) is 4.56. The summed E-state index contributed by atoms with van der Waals surface area (Å²) in [5, 5.41) is 1.13. The second kappa shape index (κ2) is 3.87. The van der Waals surface area contributed by atoms with E-state index in [4.69, 9.17) is 0 Å². The Kier molecular flexibility index (Phi) is 3.34. The number of hydrogen-bond donors (Lipinski definition) is 0. The molecule has 0 aromatic rings. The summed E-state index contributed by atoms with van der Waals surface area (Å²) >= 11 is 3.51. The molecule has 1 saturated heterocycles. The molecule has 11 heavy (non-hydrogen) atoms. The minimum Gasteiger partial charge on any atom is -0.323 e. The van der Waals surface area contributed by atoms with Crippen molar-refractivity contribution in [2.75, 3.05) is 52.1 Å². The smallest absolute Gasteiger partial charge is 0.0914 e. The van der Waals surface area contributed by atoms with Crippen LogP contribution in [0.5, 0.6) is 0 Å². The van der Waals surface area contributed by atoms with Gasteiger partial charge in [0, 0.05) is 13.1 Å². The van der Waals surface area contributed by atoms with Crippen molar-refractivity contribution in [1.82, 2.24) is 4.90 Å². The maximum Gasteiger partial charge on any atom is 0.0914 e. The third-order valence-corrected chi connectivity index (χ3v) is 3.02. The normalized spacial score (nSPS) is 25.4. The zero-order valence-electron chi connectivity index (χ0n) is 7.52. The Bertz CT molecular complexity index is 119. The van der Waals surface area contributed by atoms with Gasteiger partial charge in [-0.25, -0.2) is 0 Å². The molecule has 1 heterocycles. The zero-order valence-corrected chi connectivity index (χ0v) is 9.10. The molecule has 1 fully saturated rings. The van der Waals surface area contributed by atoms with Gasteiger partial charge in [-0.2, -0.15) is 0 Å². The van der Waals surface area contributed by atoms with Crippen LogP contribution >= 0.6 is 15.9 Å². The molecular weight excluding hydrogens is 204 g/mol. The Morgan fingerprint density at radius 2 is 1.91 bits per heavy atom. The van der Waals surface area contributed by atoms with E-state index in [1.165, 1.54) is 37.2 Å². The molecule has 0 aromatic heterocycles. The fourth-order valence-electron chi connectivity index (χ4n) is 1.48. The van der Waals surface area contributed by atoms with Crippen LogP contribution in [0.1, 0.15) is 0 Å². The molecule has 0 aromatic carbocycles. The number of piperazine rings is 1. The summed E-state index contributed by atoms with van der Waals surface area (Å²) in [6, 6.07) is 0. The lowest BCUT2D eigenvalue weighted by molar-refractivity contribution is -0.911. The van der Waals surface area contributed by atoms with Crippen molar-refractivity contribution in [3.8, 4) is 0 Å². The molecule has 1 aliphatic rings. The lowest BCUT2D eigenvalue weighted by atomic mass is 10.3. The number of alkyl halides is 1. The van der Waals surface area contributed by atoms with Crippen LogP contribution in [0.4, 0.5) is 0 Å². The average Bonchev–Trinajstić information content (AvgIpc) is 1.97. The van der Waals surface area contributed by atoms with Crippen LogP contribution in [0, 0.1) is 0 Å². The van der Waals surface area contributed by atoms with Gasteiger partial charge >= 0.3 is 0 Å².